The van der Waals surface area contributed by atoms with Crippen LogP contribution in [0.3, 0.4) is 0 Å². The number of rotatable bonds is 8. The molecule has 0 unspecified atom stereocenters. The molecule has 0 amide bonds. The van der Waals surface area contributed by atoms with Crippen LogP contribution in [-0.4, -0.2) is 23.2 Å². The summed E-state index contributed by atoms with van der Waals surface area (Å²) in [7, 11) is 0.252. The Balaban J connectivity index is -0.000000500. The molecule has 0 saturated heterocycles. The zero-order valence-electron chi connectivity index (χ0n) is 8.38. The van der Waals surface area contributed by atoms with Gasteiger partial charge in [0, 0.05) is 13.2 Å². The maximum absolute atomic E-state index is 5.23. The minimum atomic E-state index is 0. The van der Waals surface area contributed by atoms with Crippen molar-refractivity contribution in [3.05, 3.63) is 0 Å². The van der Waals surface area contributed by atoms with Crippen LogP contribution in [0.1, 0.15) is 39.5 Å². The van der Waals surface area contributed by atoms with E-state index in [2.05, 4.69) is 13.8 Å². The number of hydrogen-bond acceptors (Lipinski definition) is 2. The van der Waals surface area contributed by atoms with E-state index >= 15 is 0 Å². The highest BCUT2D eigenvalue weighted by Gasteiger charge is 1.91. The van der Waals surface area contributed by atoms with E-state index in [1.165, 1.54) is 12.8 Å². The lowest BCUT2D eigenvalue weighted by atomic mass is 10.4. The average Bonchev–Trinajstić information content (AvgIpc) is 2.03. The molecule has 0 bridgehead atoms. The van der Waals surface area contributed by atoms with E-state index in [4.69, 9.17) is 8.85 Å². The summed E-state index contributed by atoms with van der Waals surface area (Å²) < 4.78 is 10.5. The zero-order chi connectivity index (χ0) is 8.36. The summed E-state index contributed by atoms with van der Waals surface area (Å²) in [5, 5.41) is 0. The Morgan fingerprint density at radius 2 is 1.23 bits per heavy atom. The van der Waals surface area contributed by atoms with Crippen LogP contribution >= 0.6 is 34.0 Å². The third-order valence-corrected chi connectivity index (χ3v) is 1.96. The van der Waals surface area contributed by atoms with E-state index in [1.54, 1.807) is 0 Å². The summed E-state index contributed by atoms with van der Waals surface area (Å²) in [6.07, 6.45) is 4.67. The molecule has 0 fully saturated rings. The van der Waals surface area contributed by atoms with Crippen LogP contribution in [0.5, 0.6) is 0 Å². The van der Waals surface area contributed by atoms with Gasteiger partial charge in [0.25, 0.3) is 0 Å². The molecule has 0 aliphatic carbocycles. The molecule has 0 saturated carbocycles. The van der Waals surface area contributed by atoms with Crippen molar-refractivity contribution >= 4 is 44.0 Å². The van der Waals surface area contributed by atoms with E-state index in [9.17, 15) is 0 Å². The van der Waals surface area contributed by atoms with E-state index in [0.717, 1.165) is 26.1 Å². The standard InChI is InChI=1S/C8H18O2Si.2BrH/c1-3-5-7-9-11-10-8-6-4-2;;/h3-8H2,1-2H3;2*1H. The summed E-state index contributed by atoms with van der Waals surface area (Å²) in [4.78, 5) is 0. The Hall–Kier alpha value is 1.10. The van der Waals surface area contributed by atoms with Crippen LogP contribution in [0.15, 0.2) is 0 Å². The molecular formula is C8H20Br2O2Si. The molecule has 0 aliphatic rings. The summed E-state index contributed by atoms with van der Waals surface area (Å²) in [5.74, 6) is 0. The van der Waals surface area contributed by atoms with E-state index in [-0.39, 0.29) is 44.0 Å². The fraction of sp³-hybridized carbons (Fsp3) is 1.00. The lowest BCUT2D eigenvalue weighted by Crippen LogP contribution is -2.06. The lowest BCUT2D eigenvalue weighted by Gasteiger charge is -2.01. The van der Waals surface area contributed by atoms with Gasteiger partial charge in [0.05, 0.1) is 0 Å². The molecule has 2 nitrogen and oxygen atoms in total. The van der Waals surface area contributed by atoms with Crippen molar-refractivity contribution in [2.45, 2.75) is 39.5 Å². The quantitative estimate of drug-likeness (QED) is 0.500. The molecule has 0 aliphatic heterocycles. The first-order chi connectivity index (χ1) is 5.41. The molecule has 0 heterocycles. The van der Waals surface area contributed by atoms with Crippen LogP contribution in [0.25, 0.3) is 0 Å². The Kier molecular flexibility index (Phi) is 28.4. The lowest BCUT2D eigenvalue weighted by molar-refractivity contribution is 0.216. The van der Waals surface area contributed by atoms with Gasteiger partial charge < -0.3 is 8.85 Å². The smallest absolute Gasteiger partial charge is 0.393 e. The van der Waals surface area contributed by atoms with Crippen LogP contribution in [0, 0.1) is 0 Å². The summed E-state index contributed by atoms with van der Waals surface area (Å²) >= 11 is 0. The van der Waals surface area contributed by atoms with Crippen molar-refractivity contribution in [2.75, 3.05) is 13.2 Å². The second-order valence-corrected chi connectivity index (χ2v) is 3.23. The first kappa shape index (κ1) is 19.6. The van der Waals surface area contributed by atoms with Gasteiger partial charge in [-0.1, -0.05) is 26.7 Å². The van der Waals surface area contributed by atoms with Crippen molar-refractivity contribution in [1.29, 1.82) is 0 Å². The van der Waals surface area contributed by atoms with Crippen LogP contribution in [0.2, 0.25) is 0 Å². The topological polar surface area (TPSA) is 18.5 Å². The number of unbranched alkanes of at least 4 members (excludes halogenated alkanes) is 2. The minimum absolute atomic E-state index is 0. The molecule has 0 rings (SSSR count). The van der Waals surface area contributed by atoms with Crippen LogP contribution < -0.4 is 0 Å². The van der Waals surface area contributed by atoms with Gasteiger partial charge in [0.2, 0.25) is 0 Å². The molecule has 13 heavy (non-hydrogen) atoms. The normalized spacial score (nSPS) is 8.77. The summed E-state index contributed by atoms with van der Waals surface area (Å²) in [6, 6.07) is 0. The second-order valence-electron chi connectivity index (χ2n) is 2.49. The van der Waals surface area contributed by atoms with Gasteiger partial charge >= 0.3 is 10.0 Å². The van der Waals surface area contributed by atoms with Gasteiger partial charge in [-0.2, -0.15) is 0 Å². The van der Waals surface area contributed by atoms with E-state index in [1.807, 2.05) is 0 Å². The highest BCUT2D eigenvalue weighted by molar-refractivity contribution is 8.93. The highest BCUT2D eigenvalue weighted by Crippen LogP contribution is 1.89. The second kappa shape index (κ2) is 18.8. The third kappa shape index (κ3) is 19.5. The average molecular weight is 336 g/mol. The number of hydrogen-bond donors (Lipinski definition) is 0. The zero-order valence-corrected chi connectivity index (χ0v) is 12.8. The van der Waals surface area contributed by atoms with E-state index < -0.39 is 0 Å². The first-order valence-corrected chi connectivity index (χ1v) is 5.22. The van der Waals surface area contributed by atoms with Gasteiger partial charge in [0.1, 0.15) is 0 Å². The molecule has 0 aromatic rings. The van der Waals surface area contributed by atoms with Gasteiger partial charge in [-0.3, -0.25) is 0 Å². The molecule has 82 valence electrons. The molecule has 0 aromatic carbocycles. The Morgan fingerprint density at radius 1 is 0.846 bits per heavy atom. The Bertz CT molecular complexity index is 69.2. The molecule has 0 aromatic heterocycles. The van der Waals surface area contributed by atoms with Crippen molar-refractivity contribution in [2.24, 2.45) is 0 Å². The van der Waals surface area contributed by atoms with Crippen molar-refractivity contribution in [1.82, 2.24) is 0 Å². The van der Waals surface area contributed by atoms with Crippen molar-refractivity contribution < 1.29 is 8.85 Å². The van der Waals surface area contributed by atoms with E-state index in [0.29, 0.717) is 0 Å². The molecule has 0 N–H and O–H groups in total. The van der Waals surface area contributed by atoms with Gasteiger partial charge in [-0.05, 0) is 12.8 Å². The minimum Gasteiger partial charge on any atom is -0.393 e. The molecule has 0 atom stereocenters. The van der Waals surface area contributed by atoms with Gasteiger partial charge in [0.15, 0.2) is 0 Å². The summed E-state index contributed by atoms with van der Waals surface area (Å²) in [6.45, 7) is 6.01. The fourth-order valence-corrected chi connectivity index (χ4v) is 1.10. The predicted molar refractivity (Wildman–Crippen MR) is 68.1 cm³/mol. The van der Waals surface area contributed by atoms with Gasteiger partial charge in [-0.25, -0.2) is 0 Å². The molecule has 0 spiro atoms. The Morgan fingerprint density at radius 3 is 1.54 bits per heavy atom. The largest absolute Gasteiger partial charge is 0.433 e. The third-order valence-electron chi connectivity index (χ3n) is 1.32. The molecular weight excluding hydrogens is 316 g/mol. The molecule has 5 heteroatoms. The first-order valence-electron chi connectivity index (χ1n) is 4.40. The maximum atomic E-state index is 5.23. The fourth-order valence-electron chi connectivity index (χ4n) is 0.558. The van der Waals surface area contributed by atoms with Crippen LogP contribution in [-0.2, 0) is 8.85 Å². The monoisotopic (exact) mass is 334 g/mol. The predicted octanol–water partition coefficient (Wildman–Crippen LogP) is 3.31. The van der Waals surface area contributed by atoms with Crippen LogP contribution in [0.4, 0.5) is 0 Å². The van der Waals surface area contributed by atoms with Gasteiger partial charge in [-0.15, -0.1) is 34.0 Å². The molecule has 2 radical (unpaired) electrons. The summed E-state index contributed by atoms with van der Waals surface area (Å²) in [5.41, 5.74) is 0. The van der Waals surface area contributed by atoms with Crippen molar-refractivity contribution in [3.63, 3.8) is 0 Å². The number of halogens is 2. The highest BCUT2D eigenvalue weighted by atomic mass is 79.9. The maximum Gasteiger partial charge on any atom is 0.433 e. The SMILES string of the molecule is Br.Br.CCCCO[Si]OCCCC. The van der Waals surface area contributed by atoms with Crippen molar-refractivity contribution in [3.8, 4) is 0 Å². The Labute approximate surface area is 105 Å².